The molecular weight excluding hydrogens is 340 g/mol. The van der Waals surface area contributed by atoms with Crippen LogP contribution in [-0.2, 0) is 10.0 Å². The SMILES string of the molecule is N#Cc1cc([N+](=O)[O-])ccc1NS(=O)(=O)c1ccc([N+](=O)[O-])cc1. The highest BCUT2D eigenvalue weighted by Gasteiger charge is 2.19. The maximum atomic E-state index is 12.2. The van der Waals surface area contributed by atoms with Gasteiger partial charge in [-0.3, -0.25) is 25.0 Å². The van der Waals surface area contributed by atoms with E-state index in [0.29, 0.717) is 0 Å². The second-order valence-electron chi connectivity index (χ2n) is 4.46. The van der Waals surface area contributed by atoms with Crippen molar-refractivity contribution in [3.05, 3.63) is 68.3 Å². The minimum Gasteiger partial charge on any atom is -0.278 e. The van der Waals surface area contributed by atoms with Gasteiger partial charge in [-0.1, -0.05) is 0 Å². The number of rotatable bonds is 5. The van der Waals surface area contributed by atoms with Gasteiger partial charge in [0.2, 0.25) is 0 Å². The zero-order valence-corrected chi connectivity index (χ0v) is 12.6. The van der Waals surface area contributed by atoms with Crippen molar-refractivity contribution in [2.24, 2.45) is 0 Å². The average molecular weight is 348 g/mol. The molecule has 0 aromatic heterocycles. The number of nitro benzene ring substituents is 2. The Morgan fingerprint density at radius 2 is 1.50 bits per heavy atom. The molecule has 0 aliphatic rings. The summed E-state index contributed by atoms with van der Waals surface area (Å²) < 4.78 is 26.6. The molecule has 0 spiro atoms. The van der Waals surface area contributed by atoms with Crippen LogP contribution in [0.2, 0.25) is 0 Å². The molecule has 122 valence electrons. The van der Waals surface area contributed by atoms with Gasteiger partial charge in [0, 0.05) is 24.3 Å². The van der Waals surface area contributed by atoms with Gasteiger partial charge in [-0.2, -0.15) is 5.26 Å². The Labute approximate surface area is 135 Å². The summed E-state index contributed by atoms with van der Waals surface area (Å²) in [5, 5.41) is 30.3. The third-order valence-corrected chi connectivity index (χ3v) is 4.32. The molecule has 1 N–H and O–H groups in total. The van der Waals surface area contributed by atoms with E-state index in [2.05, 4.69) is 4.72 Å². The maximum Gasteiger partial charge on any atom is 0.270 e. The third-order valence-electron chi connectivity index (χ3n) is 2.94. The van der Waals surface area contributed by atoms with Gasteiger partial charge >= 0.3 is 0 Å². The standard InChI is InChI=1S/C13H8N4O6S/c14-8-9-7-11(17(20)21)3-6-13(9)15-24(22,23)12-4-1-10(2-5-12)16(18)19/h1-7,15H. The van der Waals surface area contributed by atoms with E-state index in [1.807, 2.05) is 0 Å². The smallest absolute Gasteiger partial charge is 0.270 e. The number of nitro groups is 2. The maximum absolute atomic E-state index is 12.2. The largest absolute Gasteiger partial charge is 0.278 e. The molecule has 0 bridgehead atoms. The van der Waals surface area contributed by atoms with Gasteiger partial charge in [0.15, 0.2) is 0 Å². The van der Waals surface area contributed by atoms with Crippen LogP contribution in [0.25, 0.3) is 0 Å². The highest BCUT2D eigenvalue weighted by molar-refractivity contribution is 7.92. The summed E-state index contributed by atoms with van der Waals surface area (Å²) >= 11 is 0. The zero-order chi connectivity index (χ0) is 17.9. The fourth-order valence-electron chi connectivity index (χ4n) is 1.78. The molecule has 24 heavy (non-hydrogen) atoms. The number of hydrogen-bond acceptors (Lipinski definition) is 7. The highest BCUT2D eigenvalue weighted by atomic mass is 32.2. The molecule has 0 amide bonds. The van der Waals surface area contributed by atoms with Gasteiger partial charge in [0.05, 0.1) is 26.0 Å². The number of benzene rings is 2. The van der Waals surface area contributed by atoms with Gasteiger partial charge in [0.1, 0.15) is 6.07 Å². The molecule has 0 aliphatic heterocycles. The molecule has 0 radical (unpaired) electrons. The van der Waals surface area contributed by atoms with Gasteiger partial charge < -0.3 is 0 Å². The molecule has 0 saturated heterocycles. The van der Waals surface area contributed by atoms with Crippen molar-refractivity contribution >= 4 is 27.1 Å². The number of nitrogens with zero attached hydrogens (tertiary/aromatic N) is 3. The van der Waals surface area contributed by atoms with Gasteiger partial charge in [-0.15, -0.1) is 0 Å². The van der Waals surface area contributed by atoms with Gasteiger partial charge in [-0.05, 0) is 18.2 Å². The first-order chi connectivity index (χ1) is 11.2. The zero-order valence-electron chi connectivity index (χ0n) is 11.7. The van der Waals surface area contributed by atoms with Crippen LogP contribution in [0.1, 0.15) is 5.56 Å². The fraction of sp³-hybridized carbons (Fsp3) is 0. The van der Waals surface area contributed by atoms with Crippen LogP contribution in [-0.4, -0.2) is 18.3 Å². The third kappa shape index (κ3) is 3.45. The van der Waals surface area contributed by atoms with Gasteiger partial charge in [-0.25, -0.2) is 8.42 Å². The minimum absolute atomic E-state index is 0.138. The van der Waals surface area contributed by atoms with Crippen molar-refractivity contribution in [1.29, 1.82) is 5.26 Å². The van der Waals surface area contributed by atoms with E-state index < -0.39 is 19.9 Å². The predicted molar refractivity (Wildman–Crippen MR) is 81.7 cm³/mol. The van der Waals surface area contributed by atoms with Crippen LogP contribution in [0, 0.1) is 31.6 Å². The monoisotopic (exact) mass is 348 g/mol. The van der Waals surface area contributed by atoms with Gasteiger partial charge in [0.25, 0.3) is 21.4 Å². The van der Waals surface area contributed by atoms with E-state index in [1.54, 1.807) is 6.07 Å². The predicted octanol–water partition coefficient (Wildman–Crippen LogP) is 2.18. The Bertz CT molecular complexity index is 963. The van der Waals surface area contributed by atoms with E-state index in [0.717, 1.165) is 42.5 Å². The molecule has 10 nitrogen and oxygen atoms in total. The molecule has 2 aromatic rings. The lowest BCUT2D eigenvalue weighted by atomic mass is 10.2. The topological polar surface area (TPSA) is 156 Å². The van der Waals surface area contributed by atoms with E-state index in [9.17, 15) is 28.6 Å². The Balaban J connectivity index is 2.37. The van der Waals surface area contributed by atoms with E-state index in [-0.39, 0.29) is 27.5 Å². The number of sulfonamides is 1. The number of hydrogen-bond donors (Lipinski definition) is 1. The van der Waals surface area contributed by atoms with E-state index >= 15 is 0 Å². The summed E-state index contributed by atoms with van der Waals surface area (Å²) in [7, 11) is -4.12. The van der Waals surface area contributed by atoms with Crippen molar-refractivity contribution in [3.8, 4) is 6.07 Å². The van der Waals surface area contributed by atoms with Crippen molar-refractivity contribution in [2.45, 2.75) is 4.90 Å². The van der Waals surface area contributed by atoms with Crippen LogP contribution in [0.4, 0.5) is 17.1 Å². The lowest BCUT2D eigenvalue weighted by molar-refractivity contribution is -0.385. The number of anilines is 1. The highest BCUT2D eigenvalue weighted by Crippen LogP contribution is 2.24. The van der Waals surface area contributed by atoms with Crippen LogP contribution < -0.4 is 4.72 Å². The van der Waals surface area contributed by atoms with Crippen molar-refractivity contribution < 1.29 is 18.3 Å². The summed E-state index contributed by atoms with van der Waals surface area (Å²) in [5.41, 5.74) is -0.997. The molecule has 0 saturated carbocycles. The second kappa shape index (κ2) is 6.31. The van der Waals surface area contributed by atoms with Crippen molar-refractivity contribution in [2.75, 3.05) is 4.72 Å². The Morgan fingerprint density at radius 3 is 2.00 bits per heavy atom. The molecule has 2 aromatic carbocycles. The summed E-state index contributed by atoms with van der Waals surface area (Å²) in [6.45, 7) is 0. The fourth-order valence-corrected chi connectivity index (χ4v) is 2.86. The van der Waals surface area contributed by atoms with E-state index in [1.165, 1.54) is 0 Å². The molecule has 2 rings (SSSR count). The lowest BCUT2D eigenvalue weighted by Crippen LogP contribution is -2.14. The molecular formula is C13H8N4O6S. The van der Waals surface area contributed by atoms with Crippen molar-refractivity contribution in [3.63, 3.8) is 0 Å². The number of nitriles is 1. The minimum atomic E-state index is -4.12. The van der Waals surface area contributed by atoms with Crippen LogP contribution >= 0.6 is 0 Å². The molecule has 0 atom stereocenters. The van der Waals surface area contributed by atoms with Crippen molar-refractivity contribution in [1.82, 2.24) is 0 Å². The Hall–Kier alpha value is -3.52. The Morgan fingerprint density at radius 1 is 0.958 bits per heavy atom. The molecule has 11 heteroatoms. The summed E-state index contributed by atoms with van der Waals surface area (Å²) in [6, 6.07) is 8.88. The number of nitrogens with one attached hydrogen (secondary N) is 1. The van der Waals surface area contributed by atoms with E-state index in [4.69, 9.17) is 5.26 Å². The lowest BCUT2D eigenvalue weighted by Gasteiger charge is -2.09. The first-order valence-electron chi connectivity index (χ1n) is 6.20. The summed E-state index contributed by atoms with van der Waals surface area (Å²) in [6.07, 6.45) is 0. The molecule has 0 unspecified atom stereocenters. The average Bonchev–Trinajstić information content (AvgIpc) is 2.54. The normalized spacial score (nSPS) is 10.6. The van der Waals surface area contributed by atoms with Crippen LogP contribution in [0.3, 0.4) is 0 Å². The quantitative estimate of drug-likeness (QED) is 0.640. The summed E-state index contributed by atoms with van der Waals surface area (Å²) in [5.74, 6) is 0. The van der Waals surface area contributed by atoms with Crippen LogP contribution in [0.5, 0.6) is 0 Å². The number of non-ortho nitro benzene ring substituents is 2. The summed E-state index contributed by atoms with van der Waals surface area (Å²) in [4.78, 5) is 19.6. The van der Waals surface area contributed by atoms with Crippen LogP contribution in [0.15, 0.2) is 47.4 Å². The second-order valence-corrected chi connectivity index (χ2v) is 6.14. The molecule has 0 fully saturated rings. The first-order valence-corrected chi connectivity index (χ1v) is 7.69. The first kappa shape index (κ1) is 16.8. The Kier molecular flexibility index (Phi) is 4.43. The molecule has 0 aliphatic carbocycles. The molecule has 0 heterocycles.